The number of ether oxygens (including phenoxy) is 4. The van der Waals surface area contributed by atoms with Gasteiger partial charge in [0, 0.05) is 20.8 Å². The molecule has 0 saturated carbocycles. The van der Waals surface area contributed by atoms with E-state index >= 15 is 0 Å². The monoisotopic (exact) mass is 274 g/mol. The van der Waals surface area contributed by atoms with Crippen molar-refractivity contribution in [2.24, 2.45) is 0 Å². The van der Waals surface area contributed by atoms with Gasteiger partial charge in [-0.2, -0.15) is 0 Å². The summed E-state index contributed by atoms with van der Waals surface area (Å²) in [4.78, 5) is 44.4. The molecule has 0 aromatic rings. The summed E-state index contributed by atoms with van der Waals surface area (Å²) in [6.45, 7) is 3.10. The lowest BCUT2D eigenvalue weighted by Crippen LogP contribution is -2.55. The minimum absolute atomic E-state index is 0.270. The third-order valence-electron chi connectivity index (χ3n) is 2.20. The summed E-state index contributed by atoms with van der Waals surface area (Å²) in [6, 6.07) is 0. The maximum atomic E-state index is 11.5. The van der Waals surface area contributed by atoms with E-state index in [1.165, 1.54) is 0 Å². The molecule has 19 heavy (non-hydrogen) atoms. The average molecular weight is 274 g/mol. The van der Waals surface area contributed by atoms with Crippen LogP contribution in [0.1, 0.15) is 20.8 Å². The number of carbonyl (C=O) groups is 4. The topological polar surface area (TPSA) is 105 Å². The number of esters is 4. The van der Waals surface area contributed by atoms with Crippen LogP contribution in [0.25, 0.3) is 0 Å². The highest BCUT2D eigenvalue weighted by Gasteiger charge is 2.47. The van der Waals surface area contributed by atoms with Crippen LogP contribution in [0.4, 0.5) is 0 Å². The maximum absolute atomic E-state index is 11.5. The summed E-state index contributed by atoms with van der Waals surface area (Å²) in [6.07, 6.45) is -3.67. The van der Waals surface area contributed by atoms with Crippen LogP contribution in [0, 0.1) is 0 Å². The molecule has 106 valence electrons. The first-order valence-corrected chi connectivity index (χ1v) is 5.49. The molecule has 1 saturated heterocycles. The zero-order chi connectivity index (χ0) is 14.6. The van der Waals surface area contributed by atoms with E-state index in [9.17, 15) is 19.2 Å². The van der Waals surface area contributed by atoms with Crippen LogP contribution in [0.5, 0.6) is 0 Å². The fraction of sp³-hybridized carbons (Fsp3) is 0.636. The Labute approximate surface area is 108 Å². The first-order chi connectivity index (χ1) is 8.81. The molecule has 0 amide bonds. The molecule has 1 aliphatic rings. The number of rotatable bonds is 3. The Kier molecular flexibility index (Phi) is 4.85. The van der Waals surface area contributed by atoms with Crippen molar-refractivity contribution in [3.05, 3.63) is 0 Å². The molecule has 0 bridgehead atoms. The molecular weight excluding hydrogens is 260 g/mol. The van der Waals surface area contributed by atoms with Crippen molar-refractivity contribution in [3.8, 4) is 0 Å². The van der Waals surface area contributed by atoms with Gasteiger partial charge in [0.05, 0.1) is 0 Å². The van der Waals surface area contributed by atoms with Gasteiger partial charge in [-0.3, -0.25) is 14.4 Å². The third kappa shape index (κ3) is 4.23. The summed E-state index contributed by atoms with van der Waals surface area (Å²) in [5.41, 5.74) is 0. The minimum Gasteiger partial charge on any atom is -0.459 e. The van der Waals surface area contributed by atoms with Gasteiger partial charge in [0.1, 0.15) is 6.61 Å². The molecule has 0 N–H and O–H groups in total. The van der Waals surface area contributed by atoms with Crippen LogP contribution in [-0.2, 0) is 38.1 Å². The lowest BCUT2D eigenvalue weighted by Gasteiger charge is -2.34. The van der Waals surface area contributed by atoms with E-state index in [1.54, 1.807) is 0 Å². The molecule has 8 heteroatoms. The van der Waals surface area contributed by atoms with Gasteiger partial charge in [-0.15, -0.1) is 0 Å². The highest BCUT2D eigenvalue weighted by atomic mass is 16.7. The number of cyclic esters (lactones) is 1. The van der Waals surface area contributed by atoms with Gasteiger partial charge in [0.25, 0.3) is 0 Å². The third-order valence-corrected chi connectivity index (χ3v) is 2.20. The fourth-order valence-corrected chi connectivity index (χ4v) is 1.61. The lowest BCUT2D eigenvalue weighted by atomic mass is 10.1. The molecule has 8 nitrogen and oxygen atoms in total. The largest absolute Gasteiger partial charge is 0.459 e. The number of hydrogen-bond acceptors (Lipinski definition) is 8. The van der Waals surface area contributed by atoms with Gasteiger partial charge in [0.2, 0.25) is 6.10 Å². The molecule has 0 aromatic heterocycles. The molecule has 0 aromatic carbocycles. The van der Waals surface area contributed by atoms with Crippen LogP contribution in [0.15, 0.2) is 0 Å². The second-order valence-electron chi connectivity index (χ2n) is 3.88. The van der Waals surface area contributed by atoms with Crippen molar-refractivity contribution in [2.75, 3.05) is 6.61 Å². The van der Waals surface area contributed by atoms with E-state index in [4.69, 9.17) is 18.9 Å². The van der Waals surface area contributed by atoms with E-state index in [1.807, 2.05) is 0 Å². The fourth-order valence-electron chi connectivity index (χ4n) is 1.61. The van der Waals surface area contributed by atoms with E-state index in [0.29, 0.717) is 0 Å². The van der Waals surface area contributed by atoms with Gasteiger partial charge < -0.3 is 18.9 Å². The minimum atomic E-state index is -1.44. The Hall–Kier alpha value is -2.12. The van der Waals surface area contributed by atoms with Crippen molar-refractivity contribution in [1.29, 1.82) is 0 Å². The second kappa shape index (κ2) is 6.17. The molecule has 3 atom stereocenters. The van der Waals surface area contributed by atoms with Crippen molar-refractivity contribution >= 4 is 23.9 Å². The van der Waals surface area contributed by atoms with E-state index in [-0.39, 0.29) is 6.61 Å². The predicted molar refractivity (Wildman–Crippen MR) is 57.6 cm³/mol. The molecule has 1 heterocycles. The summed E-state index contributed by atoms with van der Waals surface area (Å²) >= 11 is 0. The van der Waals surface area contributed by atoms with Crippen molar-refractivity contribution in [2.45, 2.75) is 39.1 Å². The van der Waals surface area contributed by atoms with Crippen LogP contribution < -0.4 is 0 Å². The molecule has 0 unspecified atom stereocenters. The first-order valence-electron chi connectivity index (χ1n) is 5.49. The Morgan fingerprint density at radius 1 is 1.00 bits per heavy atom. The highest BCUT2D eigenvalue weighted by Crippen LogP contribution is 2.20. The van der Waals surface area contributed by atoms with Crippen molar-refractivity contribution in [1.82, 2.24) is 0 Å². The van der Waals surface area contributed by atoms with Gasteiger partial charge >= 0.3 is 23.9 Å². The summed E-state index contributed by atoms with van der Waals surface area (Å²) in [7, 11) is 0. The van der Waals surface area contributed by atoms with E-state index in [0.717, 1.165) is 20.8 Å². The van der Waals surface area contributed by atoms with Crippen LogP contribution in [0.2, 0.25) is 0 Å². The lowest BCUT2D eigenvalue weighted by molar-refractivity contribution is -0.212. The smallest absolute Gasteiger partial charge is 0.351 e. The van der Waals surface area contributed by atoms with Gasteiger partial charge in [-0.25, -0.2) is 4.79 Å². The normalized spacial score (nSPS) is 26.1. The number of hydrogen-bond donors (Lipinski definition) is 0. The Balaban J connectivity index is 2.93. The SMILES string of the molecule is CC(=O)O[C@H]1[C@H](OC(C)=O)COC(=O)[C@@H]1OC(C)=O. The molecule has 1 aliphatic heterocycles. The maximum Gasteiger partial charge on any atom is 0.351 e. The Morgan fingerprint density at radius 2 is 1.53 bits per heavy atom. The summed E-state index contributed by atoms with van der Waals surface area (Å²) < 4.78 is 19.3. The molecular formula is C11H14O8. The number of carbonyl (C=O) groups excluding carboxylic acids is 4. The van der Waals surface area contributed by atoms with E-state index in [2.05, 4.69) is 0 Å². The molecule has 1 rings (SSSR count). The van der Waals surface area contributed by atoms with Gasteiger partial charge in [-0.05, 0) is 0 Å². The summed E-state index contributed by atoms with van der Waals surface area (Å²) in [5, 5.41) is 0. The van der Waals surface area contributed by atoms with Gasteiger partial charge in [0.15, 0.2) is 12.2 Å². The quantitative estimate of drug-likeness (QED) is 0.493. The predicted octanol–water partition coefficient (Wildman–Crippen LogP) is -0.662. The average Bonchev–Trinajstić information content (AvgIpc) is 2.25. The highest BCUT2D eigenvalue weighted by molar-refractivity contribution is 5.81. The zero-order valence-corrected chi connectivity index (χ0v) is 10.7. The summed E-state index contributed by atoms with van der Waals surface area (Å²) in [5.74, 6) is -2.94. The van der Waals surface area contributed by atoms with Crippen LogP contribution >= 0.6 is 0 Å². The molecule has 0 radical (unpaired) electrons. The van der Waals surface area contributed by atoms with Crippen LogP contribution in [0.3, 0.4) is 0 Å². The van der Waals surface area contributed by atoms with E-state index < -0.39 is 42.2 Å². The zero-order valence-electron chi connectivity index (χ0n) is 10.7. The second-order valence-corrected chi connectivity index (χ2v) is 3.88. The van der Waals surface area contributed by atoms with Crippen LogP contribution in [-0.4, -0.2) is 48.8 Å². The Bertz CT molecular complexity index is 401. The standard InChI is InChI=1S/C11H14O8/c1-5(12)17-8-4-16-11(15)10(19-7(3)14)9(8)18-6(2)13/h8-10H,4H2,1-3H3/t8-,9+,10-/m1/s1. The molecule has 0 aliphatic carbocycles. The molecule has 1 fully saturated rings. The Morgan fingerprint density at radius 3 is 2.00 bits per heavy atom. The molecule has 0 spiro atoms. The van der Waals surface area contributed by atoms with Crippen molar-refractivity contribution in [3.63, 3.8) is 0 Å². The first kappa shape index (κ1) is 14.9. The van der Waals surface area contributed by atoms with Gasteiger partial charge in [-0.1, -0.05) is 0 Å². The van der Waals surface area contributed by atoms with Crippen molar-refractivity contribution < 1.29 is 38.1 Å².